The number of anilines is 1. The Morgan fingerprint density at radius 2 is 2.03 bits per heavy atom. The Labute approximate surface area is 186 Å². The van der Waals surface area contributed by atoms with Crippen LogP contribution in [0.4, 0.5) is 27.8 Å². The summed E-state index contributed by atoms with van der Waals surface area (Å²) in [6, 6.07) is 4.96. The number of ether oxygens (including phenoxy) is 2. The van der Waals surface area contributed by atoms with Crippen molar-refractivity contribution in [1.29, 1.82) is 0 Å². The SMILES string of the molecule is COCCCOc1ccc(Cn2ccc(NC(=O)C3C(F)=CC=CC3F)n2)c(C(F)(F)F)c1. The van der Waals surface area contributed by atoms with Gasteiger partial charge in [0, 0.05) is 32.4 Å². The smallest absolute Gasteiger partial charge is 0.416 e. The largest absolute Gasteiger partial charge is 0.493 e. The molecule has 2 atom stereocenters. The van der Waals surface area contributed by atoms with Gasteiger partial charge in [-0.1, -0.05) is 12.1 Å². The van der Waals surface area contributed by atoms with Gasteiger partial charge in [-0.15, -0.1) is 0 Å². The predicted octanol–water partition coefficient (Wildman–Crippen LogP) is 4.68. The number of hydrogen-bond acceptors (Lipinski definition) is 4. The van der Waals surface area contributed by atoms with Crippen LogP contribution in [0.5, 0.6) is 5.75 Å². The quantitative estimate of drug-likeness (QED) is 0.426. The van der Waals surface area contributed by atoms with Crippen molar-refractivity contribution in [3.63, 3.8) is 0 Å². The molecule has 6 nitrogen and oxygen atoms in total. The highest BCUT2D eigenvalue weighted by Gasteiger charge is 2.34. The fraction of sp³-hybridized carbons (Fsp3) is 0.364. The van der Waals surface area contributed by atoms with E-state index in [1.54, 1.807) is 0 Å². The molecule has 1 aromatic carbocycles. The zero-order valence-corrected chi connectivity index (χ0v) is 17.6. The molecule has 0 aliphatic heterocycles. The van der Waals surface area contributed by atoms with Crippen LogP contribution in [0.15, 0.2) is 54.5 Å². The maximum Gasteiger partial charge on any atom is 0.416 e. The van der Waals surface area contributed by atoms with E-state index < -0.39 is 35.6 Å². The lowest BCUT2D eigenvalue weighted by atomic mass is 9.96. The second-order valence-electron chi connectivity index (χ2n) is 7.26. The van der Waals surface area contributed by atoms with Crippen molar-refractivity contribution in [1.82, 2.24) is 9.78 Å². The Hall–Kier alpha value is -3.21. The van der Waals surface area contributed by atoms with Crippen LogP contribution in [0, 0.1) is 5.92 Å². The van der Waals surface area contributed by atoms with E-state index in [0.29, 0.717) is 13.0 Å². The summed E-state index contributed by atoms with van der Waals surface area (Å²) in [5, 5.41) is 6.28. The first kappa shape index (κ1) is 24.4. The molecular formula is C22H22F5N3O3. The molecule has 0 radical (unpaired) electrons. The molecular weight excluding hydrogens is 449 g/mol. The van der Waals surface area contributed by atoms with Gasteiger partial charge in [0.05, 0.1) is 18.7 Å². The lowest BCUT2D eigenvalue weighted by Crippen LogP contribution is -2.31. The average molecular weight is 471 g/mol. The Balaban J connectivity index is 1.70. The third kappa shape index (κ3) is 6.41. The van der Waals surface area contributed by atoms with E-state index in [1.165, 1.54) is 42.3 Å². The second-order valence-corrected chi connectivity index (χ2v) is 7.26. The molecule has 33 heavy (non-hydrogen) atoms. The summed E-state index contributed by atoms with van der Waals surface area (Å²) in [5.74, 6) is -3.49. The van der Waals surface area contributed by atoms with E-state index in [9.17, 15) is 26.7 Å². The minimum atomic E-state index is -4.63. The van der Waals surface area contributed by atoms with E-state index in [-0.39, 0.29) is 30.3 Å². The minimum Gasteiger partial charge on any atom is -0.493 e. The maximum absolute atomic E-state index is 13.9. The van der Waals surface area contributed by atoms with E-state index in [2.05, 4.69) is 10.4 Å². The summed E-state index contributed by atoms with van der Waals surface area (Å²) in [6.07, 6.45) is -1.36. The number of allylic oxidation sites excluding steroid dienone is 3. The highest BCUT2D eigenvalue weighted by molar-refractivity contribution is 5.94. The van der Waals surface area contributed by atoms with E-state index in [0.717, 1.165) is 18.2 Å². The first-order valence-corrected chi connectivity index (χ1v) is 10.0. The average Bonchev–Trinajstić information content (AvgIpc) is 3.18. The summed E-state index contributed by atoms with van der Waals surface area (Å²) in [4.78, 5) is 12.2. The molecule has 0 saturated heterocycles. The number of rotatable bonds is 9. The van der Waals surface area contributed by atoms with Gasteiger partial charge in [-0.2, -0.15) is 18.3 Å². The zero-order chi connectivity index (χ0) is 24.0. The fourth-order valence-electron chi connectivity index (χ4n) is 3.23. The summed E-state index contributed by atoms with van der Waals surface area (Å²) < 4.78 is 79.8. The Morgan fingerprint density at radius 1 is 1.24 bits per heavy atom. The van der Waals surface area contributed by atoms with Crippen LogP contribution in [-0.4, -0.2) is 42.2 Å². The van der Waals surface area contributed by atoms with Crippen molar-refractivity contribution in [2.24, 2.45) is 5.92 Å². The summed E-state index contributed by atoms with van der Waals surface area (Å²) >= 11 is 0. The van der Waals surface area contributed by atoms with Gasteiger partial charge >= 0.3 is 6.18 Å². The third-order valence-electron chi connectivity index (χ3n) is 4.82. The van der Waals surface area contributed by atoms with Gasteiger partial charge in [-0.25, -0.2) is 8.78 Å². The number of halogens is 5. The highest BCUT2D eigenvalue weighted by Crippen LogP contribution is 2.35. The van der Waals surface area contributed by atoms with Gasteiger partial charge in [-0.05, 0) is 29.8 Å². The van der Waals surface area contributed by atoms with Crippen molar-refractivity contribution in [2.75, 3.05) is 25.6 Å². The molecule has 1 N–H and O–H groups in total. The summed E-state index contributed by atoms with van der Waals surface area (Å²) in [6.45, 7) is 0.384. The maximum atomic E-state index is 13.9. The normalized spacial score (nSPS) is 18.2. The van der Waals surface area contributed by atoms with Crippen LogP contribution in [-0.2, 0) is 22.3 Å². The van der Waals surface area contributed by atoms with E-state index in [4.69, 9.17) is 9.47 Å². The number of carbonyl (C=O) groups excluding carboxylic acids is 1. The molecule has 1 aromatic heterocycles. The number of nitrogens with zero attached hydrogens (tertiary/aromatic N) is 2. The van der Waals surface area contributed by atoms with E-state index in [1.807, 2.05) is 0 Å². The second kappa shape index (κ2) is 10.6. The van der Waals surface area contributed by atoms with Crippen LogP contribution in [0.25, 0.3) is 0 Å². The number of benzene rings is 1. The number of amides is 1. The first-order valence-electron chi connectivity index (χ1n) is 10.0. The van der Waals surface area contributed by atoms with Crippen molar-refractivity contribution >= 4 is 11.7 Å². The van der Waals surface area contributed by atoms with Crippen molar-refractivity contribution in [2.45, 2.75) is 25.3 Å². The molecule has 1 aliphatic rings. The lowest BCUT2D eigenvalue weighted by Gasteiger charge is -2.18. The molecule has 178 valence electrons. The monoisotopic (exact) mass is 471 g/mol. The molecule has 1 amide bonds. The molecule has 2 unspecified atom stereocenters. The minimum absolute atomic E-state index is 0.0405. The third-order valence-corrected chi connectivity index (χ3v) is 4.82. The molecule has 1 heterocycles. The van der Waals surface area contributed by atoms with Crippen molar-refractivity contribution in [3.05, 3.63) is 65.6 Å². The van der Waals surface area contributed by atoms with Gasteiger partial charge in [0.2, 0.25) is 5.91 Å². The van der Waals surface area contributed by atoms with Crippen LogP contribution in [0.2, 0.25) is 0 Å². The predicted molar refractivity (Wildman–Crippen MR) is 110 cm³/mol. The van der Waals surface area contributed by atoms with Gasteiger partial charge < -0.3 is 14.8 Å². The number of carbonyl (C=O) groups is 1. The molecule has 2 aromatic rings. The molecule has 1 aliphatic carbocycles. The van der Waals surface area contributed by atoms with Gasteiger partial charge in [0.1, 0.15) is 23.7 Å². The van der Waals surface area contributed by atoms with Crippen molar-refractivity contribution < 1.29 is 36.2 Å². The fourth-order valence-corrected chi connectivity index (χ4v) is 3.23. The standard InChI is InChI=1S/C22H22F5N3O3/c1-32-10-3-11-33-15-7-6-14(16(12-15)22(25,26)27)13-30-9-8-19(29-30)28-21(31)20-17(23)4-2-5-18(20)24/h2,4-9,12,17,20H,3,10-11,13H2,1H3,(H,28,29,31). The Bertz CT molecular complexity index is 1030. The van der Waals surface area contributed by atoms with Gasteiger partial charge in [0.25, 0.3) is 0 Å². The van der Waals surface area contributed by atoms with Gasteiger partial charge in [0.15, 0.2) is 5.82 Å². The van der Waals surface area contributed by atoms with Crippen LogP contribution < -0.4 is 10.1 Å². The van der Waals surface area contributed by atoms with Crippen molar-refractivity contribution in [3.8, 4) is 5.75 Å². The van der Waals surface area contributed by atoms with Crippen LogP contribution in [0.1, 0.15) is 17.5 Å². The summed E-state index contributed by atoms with van der Waals surface area (Å²) in [7, 11) is 1.52. The topological polar surface area (TPSA) is 65.4 Å². The molecule has 0 spiro atoms. The van der Waals surface area contributed by atoms with Crippen LogP contribution >= 0.6 is 0 Å². The summed E-state index contributed by atoms with van der Waals surface area (Å²) in [5.41, 5.74) is -0.947. The Kier molecular flexibility index (Phi) is 7.85. The number of aromatic nitrogens is 2. The molecule has 0 bridgehead atoms. The van der Waals surface area contributed by atoms with E-state index >= 15 is 0 Å². The number of hydrogen-bond donors (Lipinski definition) is 1. The first-order chi connectivity index (χ1) is 15.7. The number of methoxy groups -OCH3 is 1. The molecule has 3 rings (SSSR count). The number of nitrogens with one attached hydrogen (secondary N) is 1. The highest BCUT2D eigenvalue weighted by atomic mass is 19.4. The lowest BCUT2D eigenvalue weighted by molar-refractivity contribution is -0.138. The molecule has 0 saturated carbocycles. The Morgan fingerprint density at radius 3 is 2.73 bits per heavy atom. The molecule has 11 heteroatoms. The van der Waals surface area contributed by atoms with Gasteiger partial charge in [-0.3, -0.25) is 9.48 Å². The van der Waals surface area contributed by atoms with Crippen LogP contribution in [0.3, 0.4) is 0 Å². The molecule has 0 fully saturated rings. The zero-order valence-electron chi connectivity index (χ0n) is 17.6. The number of alkyl halides is 4.